The molecule has 1 aliphatic heterocycles. The molecule has 0 spiro atoms. The van der Waals surface area contributed by atoms with Crippen LogP contribution in [0.5, 0.6) is 11.5 Å². The molecule has 0 saturated carbocycles. The molecule has 7 nitrogen and oxygen atoms in total. The van der Waals surface area contributed by atoms with E-state index in [0.29, 0.717) is 50.6 Å². The summed E-state index contributed by atoms with van der Waals surface area (Å²) in [4.78, 5) is 17.8. The van der Waals surface area contributed by atoms with Crippen LogP contribution < -0.4 is 14.8 Å². The largest absolute Gasteiger partial charge is 0.490 e. The standard InChI is InChI=1S/C26H25BrCl2N4O3/c1-4-35-21-9-15(8-16(27)24(21)36-12-14-5-6-17(28)18(29)7-14)23-22-19(10-26(2,3)11-20(22)34)32-25-30-13-31-33(23)25/h5-9,13,23H,4,10-12H2,1-3H3,(H,30,31,32). The van der Waals surface area contributed by atoms with Gasteiger partial charge in [-0.05, 0) is 70.1 Å². The van der Waals surface area contributed by atoms with Gasteiger partial charge in [0.15, 0.2) is 17.3 Å². The Morgan fingerprint density at radius 1 is 1.17 bits per heavy atom. The Morgan fingerprint density at radius 2 is 1.97 bits per heavy atom. The number of benzene rings is 2. The van der Waals surface area contributed by atoms with E-state index in [0.717, 1.165) is 23.2 Å². The van der Waals surface area contributed by atoms with Gasteiger partial charge in [-0.2, -0.15) is 10.1 Å². The van der Waals surface area contributed by atoms with Crippen LogP contribution in [0.15, 0.2) is 52.4 Å². The Morgan fingerprint density at radius 3 is 2.72 bits per heavy atom. The third-order valence-corrected chi connectivity index (χ3v) is 7.62. The first-order chi connectivity index (χ1) is 17.2. The van der Waals surface area contributed by atoms with E-state index in [-0.39, 0.29) is 17.8 Å². The highest BCUT2D eigenvalue weighted by atomic mass is 79.9. The van der Waals surface area contributed by atoms with Crippen LogP contribution >= 0.6 is 39.1 Å². The Hall–Kier alpha value is -2.55. The molecule has 1 N–H and O–H groups in total. The number of ketones is 1. The number of Topliss-reactive ketones (excluding diaryl/α,β-unsaturated/α-hetero) is 1. The second-order valence-corrected chi connectivity index (χ2v) is 11.4. The number of rotatable bonds is 6. The maximum Gasteiger partial charge on any atom is 0.226 e. The van der Waals surface area contributed by atoms with Gasteiger partial charge in [0.05, 0.1) is 21.1 Å². The molecule has 10 heteroatoms. The predicted octanol–water partition coefficient (Wildman–Crippen LogP) is 6.98. The van der Waals surface area contributed by atoms with E-state index in [9.17, 15) is 4.79 Å². The average molecular weight is 592 g/mol. The molecular formula is C26H25BrCl2N4O3. The number of nitrogens with one attached hydrogen (secondary N) is 1. The van der Waals surface area contributed by atoms with Crippen molar-refractivity contribution in [2.45, 2.75) is 46.3 Å². The highest BCUT2D eigenvalue weighted by molar-refractivity contribution is 9.10. The monoisotopic (exact) mass is 590 g/mol. The van der Waals surface area contributed by atoms with E-state index >= 15 is 0 Å². The Labute approximate surface area is 227 Å². The van der Waals surface area contributed by atoms with Crippen molar-refractivity contribution in [2.75, 3.05) is 11.9 Å². The van der Waals surface area contributed by atoms with Crippen molar-refractivity contribution in [3.8, 4) is 11.5 Å². The number of ether oxygens (including phenoxy) is 2. The molecule has 0 radical (unpaired) electrons. The maximum absolute atomic E-state index is 13.4. The lowest BCUT2D eigenvalue weighted by atomic mass is 9.73. The molecule has 0 saturated heterocycles. The van der Waals surface area contributed by atoms with Crippen LogP contribution in [0.1, 0.15) is 50.8 Å². The summed E-state index contributed by atoms with van der Waals surface area (Å²) in [7, 11) is 0. The molecule has 188 valence electrons. The molecule has 0 amide bonds. The minimum atomic E-state index is -0.429. The van der Waals surface area contributed by atoms with Crippen LogP contribution in [0.25, 0.3) is 0 Å². The molecule has 5 rings (SSSR count). The number of nitrogens with zero attached hydrogens (tertiary/aromatic N) is 3. The Bertz CT molecular complexity index is 1390. The first-order valence-corrected chi connectivity index (χ1v) is 13.2. The molecule has 1 atom stereocenters. The van der Waals surface area contributed by atoms with Gasteiger partial charge in [0.25, 0.3) is 0 Å². The van der Waals surface area contributed by atoms with Crippen molar-refractivity contribution in [1.82, 2.24) is 14.8 Å². The van der Waals surface area contributed by atoms with Crippen LogP contribution in [-0.4, -0.2) is 27.2 Å². The van der Waals surface area contributed by atoms with Gasteiger partial charge in [0.2, 0.25) is 5.95 Å². The van der Waals surface area contributed by atoms with Gasteiger partial charge in [0.1, 0.15) is 19.0 Å². The summed E-state index contributed by atoms with van der Waals surface area (Å²) < 4.78 is 14.6. The van der Waals surface area contributed by atoms with E-state index in [4.69, 9.17) is 32.7 Å². The summed E-state index contributed by atoms with van der Waals surface area (Å²) in [5.41, 5.74) is 3.20. The lowest BCUT2D eigenvalue weighted by molar-refractivity contribution is -0.118. The number of allylic oxidation sites excluding steroid dienone is 2. The molecule has 0 fully saturated rings. The van der Waals surface area contributed by atoms with E-state index in [1.54, 1.807) is 16.8 Å². The zero-order chi connectivity index (χ0) is 25.6. The summed E-state index contributed by atoms with van der Waals surface area (Å²) in [5, 5.41) is 8.74. The van der Waals surface area contributed by atoms with E-state index in [1.165, 1.54) is 6.33 Å². The first kappa shape index (κ1) is 25.1. The Kier molecular flexibility index (Phi) is 6.78. The number of halogens is 3. The predicted molar refractivity (Wildman–Crippen MR) is 143 cm³/mol. The minimum absolute atomic E-state index is 0.105. The summed E-state index contributed by atoms with van der Waals surface area (Å²) in [6, 6.07) is 8.82. The van der Waals surface area contributed by atoms with E-state index in [2.05, 4.69) is 45.2 Å². The molecule has 2 heterocycles. The van der Waals surface area contributed by atoms with E-state index in [1.807, 2.05) is 25.1 Å². The molecule has 2 aliphatic rings. The quantitative estimate of drug-likeness (QED) is 0.333. The lowest BCUT2D eigenvalue weighted by Crippen LogP contribution is -2.36. The number of hydrogen-bond donors (Lipinski definition) is 1. The second-order valence-electron chi connectivity index (χ2n) is 9.69. The minimum Gasteiger partial charge on any atom is -0.490 e. The highest BCUT2D eigenvalue weighted by Gasteiger charge is 2.41. The normalized spacial score (nSPS) is 18.4. The van der Waals surface area contributed by atoms with E-state index < -0.39 is 6.04 Å². The smallest absolute Gasteiger partial charge is 0.226 e. The van der Waals surface area contributed by atoms with Crippen molar-refractivity contribution in [1.29, 1.82) is 0 Å². The molecule has 1 unspecified atom stereocenters. The van der Waals surface area contributed by atoms with Gasteiger partial charge in [-0.3, -0.25) is 4.79 Å². The highest BCUT2D eigenvalue weighted by Crippen LogP contribution is 2.47. The lowest BCUT2D eigenvalue weighted by Gasteiger charge is -2.38. The fourth-order valence-corrected chi connectivity index (χ4v) is 5.69. The molecule has 1 aliphatic carbocycles. The molecule has 36 heavy (non-hydrogen) atoms. The molecule has 3 aromatic rings. The number of hydrogen-bond acceptors (Lipinski definition) is 6. The number of aromatic nitrogens is 3. The van der Waals surface area contributed by atoms with Crippen LogP contribution in [0, 0.1) is 5.41 Å². The summed E-state index contributed by atoms with van der Waals surface area (Å²) in [6.07, 6.45) is 2.72. The van der Waals surface area contributed by atoms with Crippen LogP contribution in [0.2, 0.25) is 10.0 Å². The van der Waals surface area contributed by atoms with Crippen LogP contribution in [-0.2, 0) is 11.4 Å². The summed E-state index contributed by atoms with van der Waals surface area (Å²) in [5.74, 6) is 1.84. The van der Waals surface area contributed by atoms with Crippen molar-refractivity contribution in [3.63, 3.8) is 0 Å². The van der Waals surface area contributed by atoms with Crippen molar-refractivity contribution in [3.05, 3.63) is 73.6 Å². The van der Waals surface area contributed by atoms with Gasteiger partial charge in [0, 0.05) is 17.7 Å². The third-order valence-electron chi connectivity index (χ3n) is 6.29. The van der Waals surface area contributed by atoms with Crippen molar-refractivity contribution < 1.29 is 14.3 Å². The van der Waals surface area contributed by atoms with Gasteiger partial charge in [-0.1, -0.05) is 43.1 Å². The number of fused-ring (bicyclic) bond motifs is 1. The zero-order valence-corrected chi connectivity index (χ0v) is 23.2. The average Bonchev–Trinajstić information content (AvgIpc) is 3.26. The second kappa shape index (κ2) is 9.72. The number of carbonyl (C=O) groups excluding carboxylic acids is 1. The number of anilines is 1. The molecule has 1 aromatic heterocycles. The SMILES string of the molecule is CCOc1cc(C2C3=C(CC(C)(C)CC3=O)Nc3ncnn32)cc(Br)c1OCc1ccc(Cl)c(Cl)c1. The van der Waals surface area contributed by atoms with Crippen LogP contribution in [0.3, 0.4) is 0 Å². The number of carbonyl (C=O) groups is 1. The molecular weight excluding hydrogens is 567 g/mol. The maximum atomic E-state index is 13.4. The zero-order valence-electron chi connectivity index (χ0n) is 20.1. The van der Waals surface area contributed by atoms with Crippen LogP contribution in [0.4, 0.5) is 5.95 Å². The van der Waals surface area contributed by atoms with Gasteiger partial charge < -0.3 is 14.8 Å². The topological polar surface area (TPSA) is 78.3 Å². The summed E-state index contributed by atoms with van der Waals surface area (Å²) >= 11 is 15.9. The van der Waals surface area contributed by atoms with Gasteiger partial charge in [-0.25, -0.2) is 4.68 Å². The third kappa shape index (κ3) is 4.74. The summed E-state index contributed by atoms with van der Waals surface area (Å²) in [6.45, 7) is 6.85. The first-order valence-electron chi connectivity index (χ1n) is 11.6. The van der Waals surface area contributed by atoms with Crippen molar-refractivity contribution in [2.24, 2.45) is 5.41 Å². The molecule has 2 aromatic carbocycles. The van der Waals surface area contributed by atoms with Gasteiger partial charge in [-0.15, -0.1) is 0 Å². The fourth-order valence-electron chi connectivity index (χ4n) is 4.79. The molecule has 0 bridgehead atoms. The van der Waals surface area contributed by atoms with Gasteiger partial charge >= 0.3 is 0 Å². The fraction of sp³-hybridized carbons (Fsp3) is 0.346. The van der Waals surface area contributed by atoms with Crippen molar-refractivity contribution >= 4 is 50.9 Å². The Balaban J connectivity index is 1.55.